The van der Waals surface area contributed by atoms with Crippen LogP contribution < -0.4 is 4.90 Å². The number of pyridine rings is 1. The highest BCUT2D eigenvalue weighted by atomic mass is 32.1. The van der Waals surface area contributed by atoms with E-state index in [1.165, 1.54) is 47.9 Å². The number of fused-ring (bicyclic) bond motifs is 3. The van der Waals surface area contributed by atoms with E-state index in [2.05, 4.69) is 9.88 Å². The zero-order valence-electron chi connectivity index (χ0n) is 15.5. The van der Waals surface area contributed by atoms with Gasteiger partial charge in [0.05, 0.1) is 18.6 Å². The van der Waals surface area contributed by atoms with E-state index < -0.39 is 0 Å². The molecule has 6 heteroatoms. The van der Waals surface area contributed by atoms with Crippen molar-refractivity contribution in [1.29, 1.82) is 0 Å². The van der Waals surface area contributed by atoms with E-state index in [1.54, 1.807) is 0 Å². The molecular formula is C21H24N4OS. The van der Waals surface area contributed by atoms with Crippen LogP contribution in [0.1, 0.15) is 36.1 Å². The molecule has 1 saturated heterocycles. The number of hydrogen-bond donors (Lipinski definition) is 0. The van der Waals surface area contributed by atoms with E-state index in [-0.39, 0.29) is 0 Å². The molecule has 0 saturated carbocycles. The molecule has 0 bridgehead atoms. The summed E-state index contributed by atoms with van der Waals surface area (Å²) in [6.45, 7) is 3.30. The molecule has 0 amide bonds. The summed E-state index contributed by atoms with van der Waals surface area (Å²) in [6.07, 6.45) is 9.36. The molecule has 3 aromatic heterocycles. The van der Waals surface area contributed by atoms with Crippen molar-refractivity contribution < 1.29 is 4.74 Å². The molecule has 2 aliphatic rings. The molecule has 0 atom stereocenters. The van der Waals surface area contributed by atoms with Crippen LogP contribution in [0.5, 0.6) is 0 Å². The number of ether oxygens (including phenoxy) is 1. The summed E-state index contributed by atoms with van der Waals surface area (Å²) in [6, 6.07) is 5.92. The van der Waals surface area contributed by atoms with Crippen LogP contribution in [0.15, 0.2) is 24.4 Å². The maximum absolute atomic E-state index is 5.58. The Labute approximate surface area is 163 Å². The van der Waals surface area contributed by atoms with Gasteiger partial charge in [-0.1, -0.05) is 18.9 Å². The first-order chi connectivity index (χ1) is 13.4. The van der Waals surface area contributed by atoms with Crippen molar-refractivity contribution in [2.45, 2.75) is 38.5 Å². The minimum Gasteiger partial charge on any atom is -0.378 e. The molecule has 0 spiro atoms. The number of rotatable bonds is 2. The molecule has 140 valence electrons. The third-order valence-electron chi connectivity index (χ3n) is 5.50. The van der Waals surface area contributed by atoms with Crippen LogP contribution >= 0.6 is 11.3 Å². The average molecular weight is 381 g/mol. The smallest absolute Gasteiger partial charge is 0.181 e. The molecule has 1 aliphatic heterocycles. The Kier molecular flexibility index (Phi) is 4.76. The first-order valence-electron chi connectivity index (χ1n) is 9.96. The van der Waals surface area contributed by atoms with Crippen LogP contribution in [-0.2, 0) is 17.6 Å². The molecule has 0 radical (unpaired) electrons. The minimum atomic E-state index is 0.735. The maximum atomic E-state index is 5.58. The summed E-state index contributed by atoms with van der Waals surface area (Å²) in [5.41, 5.74) is 2.35. The Morgan fingerprint density at radius 3 is 2.63 bits per heavy atom. The largest absolute Gasteiger partial charge is 0.378 e. The summed E-state index contributed by atoms with van der Waals surface area (Å²) in [4.78, 5) is 19.5. The predicted octanol–water partition coefficient (Wildman–Crippen LogP) is 4.25. The Hall–Kier alpha value is -2.05. The van der Waals surface area contributed by atoms with Gasteiger partial charge in [0.15, 0.2) is 5.82 Å². The first kappa shape index (κ1) is 17.1. The minimum absolute atomic E-state index is 0.735. The van der Waals surface area contributed by atoms with Crippen molar-refractivity contribution in [3.05, 3.63) is 34.8 Å². The summed E-state index contributed by atoms with van der Waals surface area (Å²) in [5, 5.41) is 1.29. The molecule has 5 nitrogen and oxygen atoms in total. The summed E-state index contributed by atoms with van der Waals surface area (Å²) in [7, 11) is 0. The first-order valence-corrected chi connectivity index (χ1v) is 10.8. The van der Waals surface area contributed by atoms with Gasteiger partial charge in [-0.15, -0.1) is 11.3 Å². The summed E-state index contributed by atoms with van der Waals surface area (Å²) < 4.78 is 5.58. The fraction of sp³-hybridized carbons (Fsp3) is 0.476. The fourth-order valence-electron chi connectivity index (χ4n) is 4.11. The van der Waals surface area contributed by atoms with Gasteiger partial charge in [0.2, 0.25) is 0 Å². The third kappa shape index (κ3) is 3.32. The zero-order chi connectivity index (χ0) is 18.1. The van der Waals surface area contributed by atoms with Crippen molar-refractivity contribution in [2.24, 2.45) is 0 Å². The van der Waals surface area contributed by atoms with Crippen molar-refractivity contribution >= 4 is 27.4 Å². The Balaban J connectivity index is 1.71. The molecule has 4 heterocycles. The van der Waals surface area contributed by atoms with Gasteiger partial charge in [0.1, 0.15) is 16.3 Å². The maximum Gasteiger partial charge on any atom is 0.181 e. The van der Waals surface area contributed by atoms with E-state index in [0.29, 0.717) is 0 Å². The van der Waals surface area contributed by atoms with Gasteiger partial charge in [-0.25, -0.2) is 9.97 Å². The van der Waals surface area contributed by atoms with Crippen LogP contribution in [0, 0.1) is 0 Å². The number of morpholine rings is 1. The Morgan fingerprint density at radius 1 is 0.963 bits per heavy atom. The SMILES string of the molecule is c1ccc(-c2nc(N3CCOCC3)c3c4c(sc3n2)CCCCCC4)nc1. The highest BCUT2D eigenvalue weighted by molar-refractivity contribution is 7.19. The van der Waals surface area contributed by atoms with E-state index in [0.717, 1.165) is 54.9 Å². The second kappa shape index (κ2) is 7.52. The number of hydrogen-bond acceptors (Lipinski definition) is 6. The van der Waals surface area contributed by atoms with Gasteiger partial charge >= 0.3 is 0 Å². The van der Waals surface area contributed by atoms with Crippen molar-refractivity contribution in [3.63, 3.8) is 0 Å². The van der Waals surface area contributed by atoms with Crippen LogP contribution in [0.2, 0.25) is 0 Å². The quantitative estimate of drug-likeness (QED) is 0.665. The van der Waals surface area contributed by atoms with Crippen LogP contribution in [0.3, 0.4) is 0 Å². The predicted molar refractivity (Wildman–Crippen MR) is 110 cm³/mol. The lowest BCUT2D eigenvalue weighted by atomic mass is 9.97. The molecule has 0 N–H and O–H groups in total. The van der Waals surface area contributed by atoms with Crippen molar-refractivity contribution in [1.82, 2.24) is 15.0 Å². The average Bonchev–Trinajstić information content (AvgIpc) is 3.05. The standard InChI is InChI=1S/C21H24N4OS/c1-2-4-9-17-15(7-3-1)18-20(25-11-13-26-14-12-25)23-19(24-21(18)27-17)16-8-5-6-10-22-16/h5-6,8,10H,1-4,7,9,11-14H2. The third-order valence-corrected chi connectivity index (χ3v) is 6.69. The number of thiophene rings is 1. The Bertz CT molecular complexity index is 934. The molecule has 1 fully saturated rings. The molecule has 0 unspecified atom stereocenters. The highest BCUT2D eigenvalue weighted by Crippen LogP contribution is 2.40. The lowest BCUT2D eigenvalue weighted by molar-refractivity contribution is 0.122. The highest BCUT2D eigenvalue weighted by Gasteiger charge is 2.24. The number of nitrogens with zero attached hydrogens (tertiary/aromatic N) is 4. The fourth-order valence-corrected chi connectivity index (χ4v) is 5.36. The normalized spacial score (nSPS) is 18.1. The number of anilines is 1. The van der Waals surface area contributed by atoms with E-state index in [9.17, 15) is 0 Å². The molecule has 3 aromatic rings. The van der Waals surface area contributed by atoms with Gasteiger partial charge in [-0.05, 0) is 43.4 Å². The topological polar surface area (TPSA) is 51.1 Å². The van der Waals surface area contributed by atoms with Crippen molar-refractivity contribution in [3.8, 4) is 11.5 Å². The monoisotopic (exact) mass is 380 g/mol. The Morgan fingerprint density at radius 2 is 1.81 bits per heavy atom. The molecule has 27 heavy (non-hydrogen) atoms. The van der Waals surface area contributed by atoms with Crippen LogP contribution in [-0.4, -0.2) is 41.3 Å². The van der Waals surface area contributed by atoms with Gasteiger partial charge in [0, 0.05) is 24.2 Å². The number of aromatic nitrogens is 3. The summed E-state index contributed by atoms with van der Waals surface area (Å²) >= 11 is 1.87. The van der Waals surface area contributed by atoms with Gasteiger partial charge in [0.25, 0.3) is 0 Å². The molecular weight excluding hydrogens is 356 g/mol. The van der Waals surface area contributed by atoms with E-state index >= 15 is 0 Å². The van der Waals surface area contributed by atoms with Gasteiger partial charge in [-0.2, -0.15) is 0 Å². The lowest BCUT2D eigenvalue weighted by Crippen LogP contribution is -2.37. The second-order valence-electron chi connectivity index (χ2n) is 7.28. The van der Waals surface area contributed by atoms with Crippen LogP contribution in [0.4, 0.5) is 5.82 Å². The zero-order valence-corrected chi connectivity index (χ0v) is 16.3. The van der Waals surface area contributed by atoms with Crippen LogP contribution in [0.25, 0.3) is 21.7 Å². The van der Waals surface area contributed by atoms with Gasteiger partial charge < -0.3 is 9.64 Å². The lowest BCUT2D eigenvalue weighted by Gasteiger charge is -2.29. The number of aryl methyl sites for hydroxylation is 2. The van der Waals surface area contributed by atoms with Gasteiger partial charge in [-0.3, -0.25) is 4.98 Å². The van der Waals surface area contributed by atoms with Crippen molar-refractivity contribution in [2.75, 3.05) is 31.2 Å². The van der Waals surface area contributed by atoms with E-state index in [4.69, 9.17) is 14.7 Å². The van der Waals surface area contributed by atoms with E-state index in [1.807, 2.05) is 35.7 Å². The summed E-state index contributed by atoms with van der Waals surface area (Å²) in [5.74, 6) is 1.82. The molecule has 5 rings (SSSR count). The second-order valence-corrected chi connectivity index (χ2v) is 8.37. The molecule has 1 aliphatic carbocycles. The molecule has 0 aromatic carbocycles.